The number of imide groups is 1. The average Bonchev–Trinajstić information content (AvgIpc) is 2.96. The number of fused-ring (bicyclic) bond motifs is 2. The zero-order valence-electron chi connectivity index (χ0n) is 16.6. The van der Waals surface area contributed by atoms with Crippen molar-refractivity contribution in [1.29, 1.82) is 0 Å². The topological polar surface area (TPSA) is 93.9 Å². The molecule has 1 saturated heterocycles. The first-order chi connectivity index (χ1) is 14.3. The van der Waals surface area contributed by atoms with Crippen molar-refractivity contribution in [2.75, 3.05) is 6.54 Å². The lowest BCUT2D eigenvalue weighted by Gasteiger charge is -2.19. The molecular formula is C22H22ClNO6. The van der Waals surface area contributed by atoms with E-state index in [2.05, 4.69) is 0 Å². The van der Waals surface area contributed by atoms with E-state index in [4.69, 9.17) is 20.8 Å². The molecule has 8 heteroatoms. The molecule has 0 N–H and O–H groups in total. The molecule has 1 aromatic heterocycles. The molecule has 2 heterocycles. The molecule has 0 bridgehead atoms. The predicted molar refractivity (Wildman–Crippen MR) is 109 cm³/mol. The number of hydrogen-bond acceptors (Lipinski definition) is 6. The van der Waals surface area contributed by atoms with Crippen LogP contribution in [0.5, 0.6) is 0 Å². The van der Waals surface area contributed by atoms with E-state index in [1.165, 1.54) is 11.0 Å². The molecule has 1 aliphatic carbocycles. The van der Waals surface area contributed by atoms with Crippen LogP contribution in [0.2, 0.25) is 5.02 Å². The molecule has 2 aliphatic rings. The van der Waals surface area contributed by atoms with Crippen LogP contribution in [-0.2, 0) is 25.7 Å². The second-order valence-electron chi connectivity index (χ2n) is 7.92. The molecule has 2 aromatic rings. The Kier molecular flexibility index (Phi) is 5.64. The fourth-order valence-electron chi connectivity index (χ4n) is 4.35. The summed E-state index contributed by atoms with van der Waals surface area (Å²) in [6.45, 7) is 1.69. The van der Waals surface area contributed by atoms with Crippen molar-refractivity contribution < 1.29 is 23.5 Å². The van der Waals surface area contributed by atoms with Gasteiger partial charge in [-0.25, -0.2) is 4.79 Å². The second-order valence-corrected chi connectivity index (χ2v) is 8.33. The molecule has 0 radical (unpaired) electrons. The molecule has 1 aromatic carbocycles. The Labute approximate surface area is 177 Å². The highest BCUT2D eigenvalue weighted by molar-refractivity contribution is 6.32. The van der Waals surface area contributed by atoms with Crippen molar-refractivity contribution in [1.82, 2.24) is 4.90 Å². The highest BCUT2D eigenvalue weighted by Gasteiger charge is 2.47. The second kappa shape index (κ2) is 8.22. The number of benzene rings is 1. The number of carbonyl (C=O) groups is 3. The van der Waals surface area contributed by atoms with Gasteiger partial charge in [-0.2, -0.15) is 0 Å². The van der Waals surface area contributed by atoms with Crippen LogP contribution in [0.3, 0.4) is 0 Å². The number of ether oxygens (including phenoxy) is 1. The summed E-state index contributed by atoms with van der Waals surface area (Å²) in [6.07, 6.45) is 3.30. The maximum Gasteiger partial charge on any atom is 0.336 e. The van der Waals surface area contributed by atoms with E-state index in [9.17, 15) is 19.2 Å². The molecule has 1 aliphatic heterocycles. The van der Waals surface area contributed by atoms with Crippen molar-refractivity contribution in [2.45, 2.75) is 45.6 Å². The van der Waals surface area contributed by atoms with Gasteiger partial charge in [0.2, 0.25) is 11.8 Å². The zero-order valence-corrected chi connectivity index (χ0v) is 17.4. The van der Waals surface area contributed by atoms with Gasteiger partial charge in [-0.3, -0.25) is 19.3 Å². The molecule has 0 spiro atoms. The minimum absolute atomic E-state index is 0.0200. The minimum Gasteiger partial charge on any atom is -0.461 e. The van der Waals surface area contributed by atoms with Gasteiger partial charge in [-0.15, -0.1) is 0 Å². The normalized spacial score (nSPS) is 21.2. The van der Waals surface area contributed by atoms with Crippen LogP contribution in [0.1, 0.15) is 43.2 Å². The van der Waals surface area contributed by atoms with Crippen molar-refractivity contribution in [3.05, 3.63) is 44.8 Å². The lowest BCUT2D eigenvalue weighted by molar-refractivity contribution is -0.146. The van der Waals surface area contributed by atoms with Gasteiger partial charge in [0.1, 0.15) is 12.2 Å². The standard InChI is InChI=1S/C22H22ClNO6/c1-12-8-18-16(10-17(12)23)13(9-20(26)30-18)11-29-19(25)6-7-24-21(27)14-4-2-3-5-15(14)22(24)28/h8-10,14-15H,2-7,11H2,1H3. The Morgan fingerprint density at radius 1 is 1.13 bits per heavy atom. The summed E-state index contributed by atoms with van der Waals surface area (Å²) in [6, 6.07) is 4.59. The lowest BCUT2D eigenvalue weighted by Crippen LogP contribution is -2.33. The van der Waals surface area contributed by atoms with Gasteiger partial charge in [0.15, 0.2) is 0 Å². The van der Waals surface area contributed by atoms with E-state index >= 15 is 0 Å². The summed E-state index contributed by atoms with van der Waals surface area (Å²) in [4.78, 5) is 50.2. The number of rotatable bonds is 5. The quantitative estimate of drug-likeness (QED) is 0.409. The monoisotopic (exact) mass is 431 g/mol. The minimum atomic E-state index is -0.551. The summed E-state index contributed by atoms with van der Waals surface area (Å²) in [5.74, 6) is -1.36. The summed E-state index contributed by atoms with van der Waals surface area (Å²) in [7, 11) is 0. The number of likely N-dealkylation sites (tertiary alicyclic amines) is 1. The highest BCUT2D eigenvalue weighted by atomic mass is 35.5. The molecule has 2 atom stereocenters. The fraction of sp³-hybridized carbons (Fsp3) is 0.455. The van der Waals surface area contributed by atoms with Gasteiger partial charge < -0.3 is 9.15 Å². The first-order valence-corrected chi connectivity index (χ1v) is 10.5. The maximum atomic E-state index is 12.5. The number of carbonyl (C=O) groups excluding carboxylic acids is 3. The average molecular weight is 432 g/mol. The number of hydrogen-bond donors (Lipinski definition) is 0. The van der Waals surface area contributed by atoms with E-state index < -0.39 is 11.6 Å². The van der Waals surface area contributed by atoms with Gasteiger partial charge in [-0.05, 0) is 37.5 Å². The Morgan fingerprint density at radius 2 is 1.80 bits per heavy atom. The molecule has 2 amide bonds. The predicted octanol–water partition coefficient (Wildman–Crippen LogP) is 3.36. The van der Waals surface area contributed by atoms with Crippen LogP contribution < -0.4 is 5.63 Å². The molecular weight excluding hydrogens is 410 g/mol. The first-order valence-electron chi connectivity index (χ1n) is 10.1. The van der Waals surface area contributed by atoms with Gasteiger partial charge in [-0.1, -0.05) is 24.4 Å². The molecule has 7 nitrogen and oxygen atoms in total. The van der Waals surface area contributed by atoms with Crippen molar-refractivity contribution >= 4 is 40.4 Å². The van der Waals surface area contributed by atoms with E-state index in [0.29, 0.717) is 21.6 Å². The van der Waals surface area contributed by atoms with Crippen LogP contribution >= 0.6 is 11.6 Å². The Balaban J connectivity index is 1.40. The molecule has 4 rings (SSSR count). The van der Waals surface area contributed by atoms with Gasteiger partial charge in [0, 0.05) is 28.6 Å². The van der Waals surface area contributed by atoms with Gasteiger partial charge in [0.05, 0.1) is 18.3 Å². The van der Waals surface area contributed by atoms with E-state index in [0.717, 1.165) is 31.2 Å². The zero-order chi connectivity index (χ0) is 21.4. The summed E-state index contributed by atoms with van der Waals surface area (Å²) < 4.78 is 10.5. The summed E-state index contributed by atoms with van der Waals surface area (Å²) in [5.41, 5.74) is 1.07. The lowest BCUT2D eigenvalue weighted by atomic mass is 9.81. The SMILES string of the molecule is Cc1cc2oc(=O)cc(COC(=O)CCN3C(=O)C4CCCCC4C3=O)c2cc1Cl. The first kappa shape index (κ1) is 20.6. The molecule has 2 fully saturated rings. The number of halogens is 1. The Hall–Kier alpha value is -2.67. The third-order valence-corrected chi connectivity index (χ3v) is 6.38. The maximum absolute atomic E-state index is 12.5. The molecule has 158 valence electrons. The molecule has 30 heavy (non-hydrogen) atoms. The largest absolute Gasteiger partial charge is 0.461 e. The number of nitrogens with zero attached hydrogens (tertiary/aromatic N) is 1. The van der Waals surface area contributed by atoms with E-state index in [1.807, 2.05) is 0 Å². The number of aryl methyl sites for hydroxylation is 1. The van der Waals surface area contributed by atoms with Crippen LogP contribution in [0, 0.1) is 18.8 Å². The van der Waals surface area contributed by atoms with Gasteiger partial charge >= 0.3 is 11.6 Å². The third-order valence-electron chi connectivity index (χ3n) is 5.97. The molecule has 1 saturated carbocycles. The van der Waals surface area contributed by atoms with E-state index in [1.54, 1.807) is 19.1 Å². The fourth-order valence-corrected chi connectivity index (χ4v) is 4.52. The van der Waals surface area contributed by atoms with Crippen LogP contribution in [0.25, 0.3) is 11.0 Å². The smallest absolute Gasteiger partial charge is 0.336 e. The van der Waals surface area contributed by atoms with Crippen molar-refractivity contribution in [3.8, 4) is 0 Å². The van der Waals surface area contributed by atoms with Crippen LogP contribution in [-0.4, -0.2) is 29.2 Å². The van der Waals surface area contributed by atoms with E-state index in [-0.39, 0.29) is 43.2 Å². The van der Waals surface area contributed by atoms with Gasteiger partial charge in [0.25, 0.3) is 0 Å². The number of esters is 1. The van der Waals surface area contributed by atoms with Crippen molar-refractivity contribution in [2.24, 2.45) is 11.8 Å². The van der Waals surface area contributed by atoms with Crippen LogP contribution in [0.4, 0.5) is 0 Å². The number of amides is 2. The van der Waals surface area contributed by atoms with Crippen LogP contribution in [0.15, 0.2) is 27.4 Å². The molecule has 2 unspecified atom stereocenters. The van der Waals surface area contributed by atoms with Crippen molar-refractivity contribution in [3.63, 3.8) is 0 Å². The Morgan fingerprint density at radius 3 is 2.47 bits per heavy atom. The summed E-state index contributed by atoms with van der Waals surface area (Å²) in [5, 5.41) is 1.10. The Bertz CT molecular complexity index is 1070. The summed E-state index contributed by atoms with van der Waals surface area (Å²) >= 11 is 6.17. The third kappa shape index (κ3) is 3.86. The highest BCUT2D eigenvalue weighted by Crippen LogP contribution is 2.38.